The molecule has 11 nitrogen and oxygen atoms in total. The lowest BCUT2D eigenvalue weighted by Crippen LogP contribution is -2.05. The van der Waals surface area contributed by atoms with Gasteiger partial charge in [-0.15, -0.1) is 29.6 Å². The van der Waals surface area contributed by atoms with E-state index in [1.165, 1.54) is 24.3 Å². The second-order valence-electron chi connectivity index (χ2n) is 10.7. The third-order valence-corrected chi connectivity index (χ3v) is 10.3. The van der Waals surface area contributed by atoms with Crippen molar-refractivity contribution >= 4 is 68.3 Å². The van der Waals surface area contributed by atoms with Gasteiger partial charge in [0.15, 0.2) is 0 Å². The number of benzene rings is 4. The van der Waals surface area contributed by atoms with E-state index >= 15 is 0 Å². The zero-order valence-corrected chi connectivity index (χ0v) is 29.4. The molecule has 47 heavy (non-hydrogen) atoms. The summed E-state index contributed by atoms with van der Waals surface area (Å²) in [4.78, 5) is 1.54. The van der Waals surface area contributed by atoms with Gasteiger partial charge < -0.3 is 9.47 Å². The first-order valence-corrected chi connectivity index (χ1v) is 18.9. The summed E-state index contributed by atoms with van der Waals surface area (Å²) in [5, 5.41) is 13.6. The van der Waals surface area contributed by atoms with E-state index in [4.69, 9.17) is 14.7 Å². The summed E-state index contributed by atoms with van der Waals surface area (Å²) >= 11 is 9.94. The Hall–Kier alpha value is -2.51. The van der Waals surface area contributed by atoms with Crippen molar-refractivity contribution in [2.24, 2.45) is 0 Å². The highest BCUT2D eigenvalue weighted by molar-refractivity contribution is 7.94. The molecule has 4 rings (SSSR count). The SMILES string of the molecule is Cc1ccc(S(=O)(=O)O)c(CCCCOc2cc(S)c3c(S)cc(OCCCCc4cc(SOOO)ccc4S(=O)(=O)O)cc3c2)c1. The maximum absolute atomic E-state index is 11.8. The van der Waals surface area contributed by atoms with Gasteiger partial charge in [-0.2, -0.15) is 16.8 Å². The van der Waals surface area contributed by atoms with Gasteiger partial charge in [-0.25, -0.2) is 5.26 Å². The van der Waals surface area contributed by atoms with Gasteiger partial charge in [-0.3, -0.25) is 9.11 Å². The molecular formula is C31H34O11S5. The van der Waals surface area contributed by atoms with Gasteiger partial charge in [0, 0.05) is 20.1 Å². The minimum absolute atomic E-state index is 0.0733. The molecule has 0 aromatic heterocycles. The Morgan fingerprint density at radius 1 is 0.702 bits per heavy atom. The molecule has 0 heterocycles. The molecule has 0 fully saturated rings. The average Bonchev–Trinajstić information content (AvgIpc) is 2.98. The van der Waals surface area contributed by atoms with E-state index in [2.05, 4.69) is 34.6 Å². The summed E-state index contributed by atoms with van der Waals surface area (Å²) in [7, 11) is -8.73. The van der Waals surface area contributed by atoms with Crippen molar-refractivity contribution in [2.45, 2.75) is 69.9 Å². The molecule has 4 aromatic rings. The highest BCUT2D eigenvalue weighted by Crippen LogP contribution is 2.36. The van der Waals surface area contributed by atoms with Crippen LogP contribution in [0.3, 0.4) is 0 Å². The van der Waals surface area contributed by atoms with Crippen LogP contribution < -0.4 is 9.47 Å². The molecule has 0 saturated carbocycles. The van der Waals surface area contributed by atoms with E-state index in [9.17, 15) is 25.9 Å². The Kier molecular flexibility index (Phi) is 13.3. The van der Waals surface area contributed by atoms with E-state index in [-0.39, 0.29) is 9.79 Å². The molecule has 0 bridgehead atoms. The Balaban J connectivity index is 1.33. The van der Waals surface area contributed by atoms with E-state index < -0.39 is 20.2 Å². The number of hydrogen-bond acceptors (Lipinski definition) is 12. The fourth-order valence-corrected chi connectivity index (χ4v) is 7.79. The fourth-order valence-electron chi connectivity index (χ4n) is 5.06. The summed E-state index contributed by atoms with van der Waals surface area (Å²) in [6.45, 7) is 2.58. The second kappa shape index (κ2) is 16.7. The number of aryl methyl sites for hydroxylation is 3. The molecule has 0 radical (unpaired) electrons. The van der Waals surface area contributed by atoms with Crippen LogP contribution in [0.1, 0.15) is 42.4 Å². The molecular weight excluding hydrogens is 709 g/mol. The van der Waals surface area contributed by atoms with Crippen LogP contribution in [-0.2, 0) is 42.4 Å². The minimum atomic E-state index is -4.43. The highest BCUT2D eigenvalue weighted by Gasteiger charge is 2.17. The number of ether oxygens (including phenoxy) is 2. The minimum Gasteiger partial charge on any atom is -0.494 e. The fraction of sp³-hybridized carbons (Fsp3) is 0.290. The smallest absolute Gasteiger partial charge is 0.294 e. The van der Waals surface area contributed by atoms with Crippen LogP contribution in [0.5, 0.6) is 11.5 Å². The molecule has 3 N–H and O–H groups in total. The first-order chi connectivity index (χ1) is 22.3. The molecule has 0 aliphatic carbocycles. The lowest BCUT2D eigenvalue weighted by atomic mass is 10.1. The number of unbranched alkanes of at least 4 members (excludes halogenated alkanes) is 2. The van der Waals surface area contributed by atoms with Gasteiger partial charge in [0.2, 0.25) is 0 Å². The summed E-state index contributed by atoms with van der Waals surface area (Å²) in [6, 6.07) is 16.4. The Bertz CT molecular complexity index is 1930. The highest BCUT2D eigenvalue weighted by atomic mass is 32.2. The van der Waals surface area contributed by atoms with Crippen molar-refractivity contribution in [3.05, 3.63) is 77.4 Å². The first kappa shape index (κ1) is 37.3. The molecule has 0 aliphatic heterocycles. The molecule has 0 unspecified atom stereocenters. The van der Waals surface area contributed by atoms with Gasteiger partial charge in [-0.1, -0.05) is 22.7 Å². The summed E-state index contributed by atoms with van der Waals surface area (Å²) in [5.74, 6) is 1.19. The van der Waals surface area contributed by atoms with E-state index in [1.54, 1.807) is 24.3 Å². The van der Waals surface area contributed by atoms with Crippen LogP contribution in [0, 0.1) is 6.92 Å². The third kappa shape index (κ3) is 10.7. The van der Waals surface area contributed by atoms with Crippen LogP contribution in [0.2, 0.25) is 0 Å². The molecule has 0 saturated heterocycles. The van der Waals surface area contributed by atoms with Crippen LogP contribution in [0.4, 0.5) is 0 Å². The van der Waals surface area contributed by atoms with Crippen molar-refractivity contribution in [1.29, 1.82) is 0 Å². The van der Waals surface area contributed by atoms with Gasteiger partial charge in [0.25, 0.3) is 20.2 Å². The quantitative estimate of drug-likeness (QED) is 0.0181. The predicted molar refractivity (Wildman–Crippen MR) is 183 cm³/mol. The van der Waals surface area contributed by atoms with Crippen molar-refractivity contribution in [3.63, 3.8) is 0 Å². The number of fused-ring (bicyclic) bond motifs is 1. The monoisotopic (exact) mass is 742 g/mol. The van der Waals surface area contributed by atoms with Crippen LogP contribution in [0.15, 0.2) is 85.1 Å². The van der Waals surface area contributed by atoms with E-state index in [0.717, 1.165) is 16.3 Å². The molecule has 254 valence electrons. The Morgan fingerprint density at radius 3 is 1.72 bits per heavy atom. The van der Waals surface area contributed by atoms with Crippen LogP contribution >= 0.6 is 37.3 Å². The van der Waals surface area contributed by atoms with Crippen molar-refractivity contribution in [3.8, 4) is 11.5 Å². The number of thiol groups is 2. The summed E-state index contributed by atoms with van der Waals surface area (Å²) in [6.07, 6.45) is 3.24. The summed E-state index contributed by atoms with van der Waals surface area (Å²) < 4.78 is 82.5. The van der Waals surface area contributed by atoms with Gasteiger partial charge in [-0.05, 0) is 110 Å². The zero-order valence-electron chi connectivity index (χ0n) is 25.2. The molecule has 0 spiro atoms. The maximum atomic E-state index is 11.8. The molecule has 0 atom stereocenters. The van der Waals surface area contributed by atoms with Crippen molar-refractivity contribution < 1.29 is 50.0 Å². The van der Waals surface area contributed by atoms with Gasteiger partial charge in [0.05, 0.1) is 35.0 Å². The standard InChI is InChI=1S/C31H34O11S5/c1-20-8-10-29(46(33,34)35)21(14-20)6-2-4-12-39-24-15-23-16-25(19-28(44)31(23)27(43)18-24)40-13-5-3-7-22-17-26(45-42-41-32)9-11-30(22)47(36,37)38/h8-11,14-19,32,43-44H,2-7,12-13H2,1H3,(H,33,34,35)(H,36,37,38). The zero-order chi connectivity index (χ0) is 34.2. The average molecular weight is 743 g/mol. The van der Waals surface area contributed by atoms with Gasteiger partial charge >= 0.3 is 0 Å². The largest absolute Gasteiger partial charge is 0.494 e. The second-order valence-corrected chi connectivity index (χ2v) is 15.2. The maximum Gasteiger partial charge on any atom is 0.294 e. The first-order valence-electron chi connectivity index (χ1n) is 14.3. The Labute approximate surface area is 289 Å². The van der Waals surface area contributed by atoms with E-state index in [0.29, 0.717) is 101 Å². The molecule has 0 aliphatic rings. The third-order valence-electron chi connectivity index (χ3n) is 7.14. The van der Waals surface area contributed by atoms with Crippen LogP contribution in [-0.4, -0.2) is 44.4 Å². The normalized spacial score (nSPS) is 12.0. The lowest BCUT2D eigenvalue weighted by molar-refractivity contribution is -0.432. The predicted octanol–water partition coefficient (Wildman–Crippen LogP) is 7.45. The summed E-state index contributed by atoms with van der Waals surface area (Å²) in [5.41, 5.74) is 1.86. The number of rotatable bonds is 17. The van der Waals surface area contributed by atoms with Gasteiger partial charge in [0.1, 0.15) is 11.5 Å². The topological polar surface area (TPSA) is 166 Å². The molecule has 0 amide bonds. The van der Waals surface area contributed by atoms with Crippen molar-refractivity contribution in [2.75, 3.05) is 13.2 Å². The van der Waals surface area contributed by atoms with Crippen molar-refractivity contribution in [1.82, 2.24) is 0 Å². The van der Waals surface area contributed by atoms with Crippen LogP contribution in [0.25, 0.3) is 10.8 Å². The molecule has 16 heteroatoms. The Morgan fingerprint density at radius 2 is 1.21 bits per heavy atom. The van der Waals surface area contributed by atoms with E-state index in [1.807, 2.05) is 19.1 Å². The lowest BCUT2D eigenvalue weighted by Gasteiger charge is -2.14. The molecule has 4 aromatic carbocycles. The number of hydrogen-bond donors (Lipinski definition) is 5.